The van der Waals surface area contributed by atoms with E-state index >= 15 is 0 Å². The summed E-state index contributed by atoms with van der Waals surface area (Å²) in [5, 5.41) is 0. The molecule has 3 nitrogen and oxygen atoms in total. The number of hydrogen-bond acceptors (Lipinski definition) is 3. The van der Waals surface area contributed by atoms with E-state index in [0.717, 1.165) is 30.5 Å². The first kappa shape index (κ1) is 24.1. The number of alkyl halides is 1. The fourth-order valence-electron chi connectivity index (χ4n) is 3.84. The molecule has 28 heavy (non-hydrogen) atoms. The largest absolute Gasteiger partial charge is 0.403 e. The van der Waals surface area contributed by atoms with Crippen LogP contribution in [-0.2, 0) is 0 Å². The second-order valence-electron chi connectivity index (χ2n) is 7.53. The van der Waals surface area contributed by atoms with E-state index in [2.05, 4.69) is 49.9 Å². The zero-order chi connectivity index (χ0) is 21.3. The Labute approximate surface area is 171 Å². The van der Waals surface area contributed by atoms with Gasteiger partial charge in [0.05, 0.1) is 11.9 Å². The number of rotatable bonds is 10. The van der Waals surface area contributed by atoms with Gasteiger partial charge >= 0.3 is 0 Å². The van der Waals surface area contributed by atoms with Crippen LogP contribution in [-0.4, -0.2) is 35.9 Å². The number of nitrogens with two attached hydrogens (primary N) is 1. The van der Waals surface area contributed by atoms with Gasteiger partial charge in [0.2, 0.25) is 0 Å². The van der Waals surface area contributed by atoms with E-state index < -0.39 is 6.17 Å². The minimum absolute atomic E-state index is 0.155. The molecule has 0 amide bonds. The predicted molar refractivity (Wildman–Crippen MR) is 120 cm³/mol. The summed E-state index contributed by atoms with van der Waals surface area (Å²) in [6.07, 6.45) is 7.43. The Morgan fingerprint density at radius 1 is 1.43 bits per heavy atom. The molecule has 1 aliphatic rings. The highest BCUT2D eigenvalue weighted by Gasteiger charge is 2.34. The molecule has 0 radical (unpaired) electrons. The third kappa shape index (κ3) is 6.32. The monoisotopic (exact) mass is 387 g/mol. The molecule has 1 heterocycles. The molecule has 0 saturated heterocycles. The molecule has 156 valence electrons. The zero-order valence-electron chi connectivity index (χ0n) is 18.6. The fourth-order valence-corrected chi connectivity index (χ4v) is 3.84. The smallest absolute Gasteiger partial charge is 0.0977 e. The van der Waals surface area contributed by atoms with E-state index in [1.807, 2.05) is 19.2 Å². The molecular formula is C24H38FN3. The Bertz CT molecular complexity index is 691. The summed E-state index contributed by atoms with van der Waals surface area (Å²) in [6, 6.07) is 0.563. The molecule has 0 aromatic rings. The number of hydrogen-bond donors (Lipinski definition) is 1. The van der Waals surface area contributed by atoms with Gasteiger partial charge in [0.15, 0.2) is 0 Å². The van der Waals surface area contributed by atoms with Crippen molar-refractivity contribution in [2.24, 2.45) is 10.7 Å². The van der Waals surface area contributed by atoms with Crippen LogP contribution in [0.2, 0.25) is 0 Å². The van der Waals surface area contributed by atoms with Gasteiger partial charge < -0.3 is 5.73 Å². The fraction of sp³-hybridized carbons (Fsp3) is 0.583. The van der Waals surface area contributed by atoms with Crippen molar-refractivity contribution >= 4 is 6.21 Å². The summed E-state index contributed by atoms with van der Waals surface area (Å²) < 4.78 is 13.1. The molecule has 0 aromatic carbocycles. The van der Waals surface area contributed by atoms with Crippen LogP contribution in [0.3, 0.4) is 0 Å². The summed E-state index contributed by atoms with van der Waals surface area (Å²) in [6.45, 7) is 17.4. The van der Waals surface area contributed by atoms with Gasteiger partial charge in [-0.15, -0.1) is 5.73 Å². The molecule has 1 aliphatic heterocycles. The van der Waals surface area contributed by atoms with E-state index in [1.165, 1.54) is 17.3 Å². The molecule has 0 aromatic heterocycles. The molecule has 0 spiro atoms. The summed E-state index contributed by atoms with van der Waals surface area (Å²) in [7, 11) is 0. The molecule has 0 bridgehead atoms. The second kappa shape index (κ2) is 11.8. The molecule has 3 unspecified atom stereocenters. The lowest BCUT2D eigenvalue weighted by Gasteiger charge is -2.32. The van der Waals surface area contributed by atoms with Gasteiger partial charge in [-0.05, 0) is 70.6 Å². The van der Waals surface area contributed by atoms with Crippen LogP contribution >= 0.6 is 0 Å². The highest BCUT2D eigenvalue weighted by Crippen LogP contribution is 2.35. The predicted octanol–water partition coefficient (Wildman–Crippen LogP) is 5.86. The van der Waals surface area contributed by atoms with E-state index in [-0.39, 0.29) is 6.04 Å². The van der Waals surface area contributed by atoms with Crippen molar-refractivity contribution in [3.63, 3.8) is 0 Å². The van der Waals surface area contributed by atoms with Gasteiger partial charge in [-0.3, -0.25) is 9.89 Å². The Morgan fingerprint density at radius 3 is 2.57 bits per heavy atom. The number of allylic oxidation sites excluding steroid dienone is 1. The maximum atomic E-state index is 13.1. The van der Waals surface area contributed by atoms with Crippen molar-refractivity contribution in [3.05, 3.63) is 52.6 Å². The SMILES string of the molecule is C=C(C)C1=C(CC)C(CC)N(C(C)C(=C=CC)/C=N\C(=C\N)CCC(C)F)C1. The summed E-state index contributed by atoms with van der Waals surface area (Å²) in [5.74, 6) is 0. The van der Waals surface area contributed by atoms with Crippen LogP contribution in [0.5, 0.6) is 0 Å². The first-order valence-corrected chi connectivity index (χ1v) is 10.4. The molecule has 3 atom stereocenters. The normalized spacial score (nSPS) is 20.4. The van der Waals surface area contributed by atoms with Crippen LogP contribution < -0.4 is 5.73 Å². The summed E-state index contributed by atoms with van der Waals surface area (Å²) in [5.41, 5.74) is 14.8. The molecule has 1 rings (SSSR count). The van der Waals surface area contributed by atoms with Crippen molar-refractivity contribution in [1.82, 2.24) is 4.90 Å². The van der Waals surface area contributed by atoms with Crippen molar-refractivity contribution in [2.75, 3.05) is 6.54 Å². The first-order valence-electron chi connectivity index (χ1n) is 10.4. The highest BCUT2D eigenvalue weighted by atomic mass is 19.1. The lowest BCUT2D eigenvalue weighted by molar-refractivity contribution is 0.221. The maximum Gasteiger partial charge on any atom is 0.0977 e. The third-order valence-corrected chi connectivity index (χ3v) is 5.43. The van der Waals surface area contributed by atoms with Gasteiger partial charge in [-0.1, -0.05) is 26.0 Å². The van der Waals surface area contributed by atoms with Gasteiger partial charge in [-0.25, -0.2) is 4.39 Å². The standard InChI is InChI=1S/C24H38FN3/c1-8-11-20(15-27-21(14-26)13-12-18(6)25)19(7)28-16-23(17(4)5)22(9-2)24(28)10-3/h8,14-15,18-19,24H,4,9-10,12-13,16,26H2,1-3,5-7H3/b21-14+,27-15-. The van der Waals surface area contributed by atoms with Gasteiger partial charge in [0.25, 0.3) is 0 Å². The van der Waals surface area contributed by atoms with E-state index in [9.17, 15) is 4.39 Å². The van der Waals surface area contributed by atoms with E-state index in [0.29, 0.717) is 24.6 Å². The first-order chi connectivity index (χ1) is 13.3. The lowest BCUT2D eigenvalue weighted by Crippen LogP contribution is -2.40. The van der Waals surface area contributed by atoms with Gasteiger partial charge in [-0.2, -0.15) is 0 Å². The van der Waals surface area contributed by atoms with Gasteiger partial charge in [0.1, 0.15) is 0 Å². The molecule has 0 aliphatic carbocycles. The molecule has 2 N–H and O–H groups in total. The Balaban J connectivity index is 3.09. The quantitative estimate of drug-likeness (QED) is 0.377. The zero-order valence-corrected chi connectivity index (χ0v) is 18.6. The third-order valence-electron chi connectivity index (χ3n) is 5.43. The second-order valence-corrected chi connectivity index (χ2v) is 7.53. The van der Waals surface area contributed by atoms with Crippen LogP contribution in [0.25, 0.3) is 0 Å². The van der Waals surface area contributed by atoms with E-state index in [4.69, 9.17) is 5.73 Å². The molecule has 0 fully saturated rings. The topological polar surface area (TPSA) is 41.6 Å². The minimum Gasteiger partial charge on any atom is -0.403 e. The summed E-state index contributed by atoms with van der Waals surface area (Å²) in [4.78, 5) is 7.05. The van der Waals surface area contributed by atoms with Crippen LogP contribution in [0.15, 0.2) is 57.6 Å². The molecule has 0 saturated carbocycles. The highest BCUT2D eigenvalue weighted by molar-refractivity contribution is 5.80. The Kier molecular flexibility index (Phi) is 10.2. The van der Waals surface area contributed by atoms with Crippen molar-refractivity contribution in [2.45, 2.75) is 85.5 Å². The van der Waals surface area contributed by atoms with Crippen LogP contribution in [0, 0.1) is 0 Å². The van der Waals surface area contributed by atoms with Crippen LogP contribution in [0.4, 0.5) is 4.39 Å². The lowest BCUT2D eigenvalue weighted by atomic mass is 9.97. The van der Waals surface area contributed by atoms with Crippen molar-refractivity contribution < 1.29 is 4.39 Å². The average Bonchev–Trinajstić information content (AvgIpc) is 3.05. The number of halogens is 1. The Hall–Kier alpha value is -1.90. The van der Waals surface area contributed by atoms with Crippen LogP contribution in [0.1, 0.15) is 67.2 Å². The minimum atomic E-state index is -0.858. The average molecular weight is 388 g/mol. The number of aliphatic imine (C=N–C) groups is 1. The number of nitrogens with zero attached hydrogens (tertiary/aromatic N) is 2. The summed E-state index contributed by atoms with van der Waals surface area (Å²) >= 11 is 0. The Morgan fingerprint density at radius 2 is 2.11 bits per heavy atom. The van der Waals surface area contributed by atoms with E-state index in [1.54, 1.807) is 6.92 Å². The molecule has 4 heteroatoms. The van der Waals surface area contributed by atoms with Gasteiger partial charge in [0, 0.05) is 36.6 Å². The molecular weight excluding hydrogens is 349 g/mol. The maximum absolute atomic E-state index is 13.1. The van der Waals surface area contributed by atoms with Crippen molar-refractivity contribution in [1.29, 1.82) is 0 Å². The van der Waals surface area contributed by atoms with Crippen molar-refractivity contribution in [3.8, 4) is 0 Å².